The van der Waals surface area contributed by atoms with E-state index < -0.39 is 14.9 Å². The number of benzene rings is 1. The maximum absolute atomic E-state index is 12.7. The Morgan fingerprint density at radius 3 is 2.71 bits per heavy atom. The third-order valence-corrected chi connectivity index (χ3v) is 5.37. The van der Waals surface area contributed by atoms with Crippen LogP contribution in [0.15, 0.2) is 29.2 Å². The summed E-state index contributed by atoms with van der Waals surface area (Å²) in [5.74, 6) is 0. The highest BCUT2D eigenvalue weighted by Gasteiger charge is 2.34. The van der Waals surface area contributed by atoms with Crippen LogP contribution >= 0.6 is 12.4 Å². The van der Waals surface area contributed by atoms with Gasteiger partial charge in [-0.05, 0) is 26.0 Å². The Labute approximate surface area is 129 Å². The molecule has 7 nitrogen and oxygen atoms in total. The average molecular weight is 336 g/mol. The van der Waals surface area contributed by atoms with E-state index in [9.17, 15) is 18.5 Å². The second kappa shape index (κ2) is 7.17. The van der Waals surface area contributed by atoms with Gasteiger partial charge in [-0.15, -0.1) is 12.4 Å². The van der Waals surface area contributed by atoms with Gasteiger partial charge >= 0.3 is 0 Å². The Morgan fingerprint density at radius 1 is 1.38 bits per heavy atom. The molecule has 0 spiro atoms. The molecule has 1 aromatic rings. The fourth-order valence-corrected chi connectivity index (χ4v) is 4.13. The highest BCUT2D eigenvalue weighted by atomic mass is 35.5. The van der Waals surface area contributed by atoms with Gasteiger partial charge in [0.2, 0.25) is 10.0 Å². The lowest BCUT2D eigenvalue weighted by Gasteiger charge is -2.25. The molecule has 118 valence electrons. The predicted octanol–water partition coefficient (Wildman–Crippen LogP) is 1.39. The van der Waals surface area contributed by atoms with E-state index >= 15 is 0 Å². The van der Waals surface area contributed by atoms with Gasteiger partial charge in [-0.3, -0.25) is 10.1 Å². The number of rotatable bonds is 3. The smallest absolute Gasteiger partial charge is 0.289 e. The normalized spacial score (nSPS) is 20.3. The molecule has 1 aromatic carbocycles. The minimum absolute atomic E-state index is 0. The molecule has 2 rings (SSSR count). The van der Waals surface area contributed by atoms with E-state index in [4.69, 9.17) is 0 Å². The molecule has 1 aliphatic rings. The summed E-state index contributed by atoms with van der Waals surface area (Å²) < 4.78 is 26.7. The molecule has 0 unspecified atom stereocenters. The summed E-state index contributed by atoms with van der Waals surface area (Å²) in [5.41, 5.74) is -0.378. The molecular formula is C12H18ClN3O4S. The van der Waals surface area contributed by atoms with Crippen LogP contribution in [0.25, 0.3) is 0 Å². The molecule has 1 fully saturated rings. The van der Waals surface area contributed by atoms with Gasteiger partial charge in [-0.1, -0.05) is 12.1 Å². The Hall–Kier alpha value is -1.22. The van der Waals surface area contributed by atoms with Crippen molar-refractivity contribution in [3.8, 4) is 0 Å². The summed E-state index contributed by atoms with van der Waals surface area (Å²) in [4.78, 5) is 10.1. The SMILES string of the molecule is C[C@@H]1CNCCCN1S(=O)(=O)c1ccccc1[N+](=O)[O-].Cl. The molecule has 1 atom stereocenters. The zero-order valence-corrected chi connectivity index (χ0v) is 13.2. The van der Waals surface area contributed by atoms with E-state index in [-0.39, 0.29) is 29.0 Å². The van der Waals surface area contributed by atoms with Gasteiger partial charge in [0.15, 0.2) is 4.90 Å². The number of nitrogens with zero attached hydrogens (tertiary/aromatic N) is 2. The summed E-state index contributed by atoms with van der Waals surface area (Å²) in [5, 5.41) is 14.2. The number of nitrogens with one attached hydrogen (secondary N) is 1. The van der Waals surface area contributed by atoms with E-state index in [1.165, 1.54) is 28.6 Å². The quantitative estimate of drug-likeness (QED) is 0.665. The minimum Gasteiger partial charge on any atom is -0.315 e. The molecule has 1 heterocycles. The number of hydrogen-bond donors (Lipinski definition) is 1. The van der Waals surface area contributed by atoms with Crippen LogP contribution in [0.4, 0.5) is 5.69 Å². The lowest BCUT2D eigenvalue weighted by Crippen LogP contribution is -2.41. The summed E-state index contributed by atoms with van der Waals surface area (Å²) in [6, 6.07) is 5.24. The van der Waals surface area contributed by atoms with Gasteiger partial charge in [0, 0.05) is 25.2 Å². The van der Waals surface area contributed by atoms with E-state index in [1.807, 2.05) is 0 Å². The second-order valence-corrected chi connectivity index (χ2v) is 6.61. The fourth-order valence-electron chi connectivity index (χ4n) is 2.30. The zero-order chi connectivity index (χ0) is 14.8. The Morgan fingerprint density at radius 2 is 2.05 bits per heavy atom. The van der Waals surface area contributed by atoms with Crippen molar-refractivity contribution >= 4 is 28.1 Å². The topological polar surface area (TPSA) is 92.6 Å². The predicted molar refractivity (Wildman–Crippen MR) is 81.2 cm³/mol. The Kier molecular flexibility index (Phi) is 6.09. The van der Waals surface area contributed by atoms with Crippen LogP contribution in [0.1, 0.15) is 13.3 Å². The second-order valence-electron chi connectivity index (χ2n) is 4.75. The first-order chi connectivity index (χ1) is 9.44. The molecule has 0 bridgehead atoms. The number of sulfonamides is 1. The van der Waals surface area contributed by atoms with Crippen LogP contribution in [0, 0.1) is 10.1 Å². The van der Waals surface area contributed by atoms with E-state index in [0.29, 0.717) is 19.5 Å². The van der Waals surface area contributed by atoms with Crippen molar-refractivity contribution in [3.05, 3.63) is 34.4 Å². The highest BCUT2D eigenvalue weighted by Crippen LogP contribution is 2.27. The lowest BCUT2D eigenvalue weighted by atomic mass is 10.3. The summed E-state index contributed by atoms with van der Waals surface area (Å²) in [6.45, 7) is 3.44. The zero-order valence-electron chi connectivity index (χ0n) is 11.6. The molecule has 0 radical (unpaired) electrons. The fraction of sp³-hybridized carbons (Fsp3) is 0.500. The van der Waals surface area contributed by atoms with Crippen LogP contribution in [0.2, 0.25) is 0 Å². The first-order valence-corrected chi connectivity index (χ1v) is 7.84. The Bertz CT molecular complexity index is 608. The number of para-hydroxylation sites is 1. The molecule has 0 aliphatic carbocycles. The van der Waals surface area contributed by atoms with Crippen molar-refractivity contribution in [1.29, 1.82) is 0 Å². The van der Waals surface area contributed by atoms with Gasteiger partial charge < -0.3 is 5.32 Å². The maximum atomic E-state index is 12.7. The molecule has 9 heteroatoms. The van der Waals surface area contributed by atoms with Gasteiger partial charge in [0.1, 0.15) is 0 Å². The van der Waals surface area contributed by atoms with Crippen LogP contribution in [-0.2, 0) is 10.0 Å². The van der Waals surface area contributed by atoms with Crippen molar-refractivity contribution in [2.24, 2.45) is 0 Å². The van der Waals surface area contributed by atoms with Gasteiger partial charge in [-0.2, -0.15) is 4.31 Å². The third-order valence-electron chi connectivity index (χ3n) is 3.31. The summed E-state index contributed by atoms with van der Waals surface area (Å²) in [6.07, 6.45) is 0.685. The highest BCUT2D eigenvalue weighted by molar-refractivity contribution is 7.89. The number of hydrogen-bond acceptors (Lipinski definition) is 5. The molecule has 0 amide bonds. The minimum atomic E-state index is -3.86. The monoisotopic (exact) mass is 335 g/mol. The maximum Gasteiger partial charge on any atom is 0.289 e. The van der Waals surface area contributed by atoms with Gasteiger partial charge in [0.25, 0.3) is 5.69 Å². The average Bonchev–Trinajstić information content (AvgIpc) is 2.63. The van der Waals surface area contributed by atoms with Crippen LogP contribution in [0.3, 0.4) is 0 Å². The standard InChI is InChI=1S/C12H17N3O4S.ClH/c1-10-9-13-7-4-8-14(10)20(18,19)12-6-3-2-5-11(12)15(16)17;/h2-3,5-6,10,13H,4,7-9H2,1H3;1H/t10-;/m1./s1. The molecule has 1 saturated heterocycles. The molecular weight excluding hydrogens is 318 g/mol. The summed E-state index contributed by atoms with van der Waals surface area (Å²) in [7, 11) is -3.86. The van der Waals surface area contributed by atoms with Crippen molar-refractivity contribution in [3.63, 3.8) is 0 Å². The van der Waals surface area contributed by atoms with Gasteiger partial charge in [-0.25, -0.2) is 8.42 Å². The molecule has 0 saturated carbocycles. The van der Waals surface area contributed by atoms with Crippen molar-refractivity contribution in [1.82, 2.24) is 9.62 Å². The van der Waals surface area contributed by atoms with E-state index in [1.54, 1.807) is 6.92 Å². The number of halogens is 1. The number of nitro groups is 1. The number of nitro benzene ring substituents is 1. The third kappa shape index (κ3) is 3.70. The first-order valence-electron chi connectivity index (χ1n) is 6.40. The van der Waals surface area contributed by atoms with Crippen molar-refractivity contribution in [2.45, 2.75) is 24.3 Å². The molecule has 1 N–H and O–H groups in total. The molecule has 21 heavy (non-hydrogen) atoms. The Balaban J connectivity index is 0.00000220. The van der Waals surface area contributed by atoms with Crippen LogP contribution in [-0.4, -0.2) is 43.3 Å². The largest absolute Gasteiger partial charge is 0.315 e. The molecule has 0 aromatic heterocycles. The van der Waals surface area contributed by atoms with Crippen LogP contribution < -0.4 is 5.32 Å². The summed E-state index contributed by atoms with van der Waals surface area (Å²) >= 11 is 0. The van der Waals surface area contributed by atoms with E-state index in [0.717, 1.165) is 6.54 Å². The van der Waals surface area contributed by atoms with Crippen LogP contribution in [0.5, 0.6) is 0 Å². The molecule has 1 aliphatic heterocycles. The van der Waals surface area contributed by atoms with Crippen molar-refractivity contribution in [2.75, 3.05) is 19.6 Å². The lowest BCUT2D eigenvalue weighted by molar-refractivity contribution is -0.387. The van der Waals surface area contributed by atoms with Crippen molar-refractivity contribution < 1.29 is 13.3 Å². The first kappa shape index (κ1) is 17.8. The van der Waals surface area contributed by atoms with Gasteiger partial charge in [0.05, 0.1) is 4.92 Å². The van der Waals surface area contributed by atoms with E-state index in [2.05, 4.69) is 5.32 Å².